The molecule has 1 N–H and O–H groups in total. The molecule has 3 heterocycles. The molecule has 0 unspecified atom stereocenters. The van der Waals surface area contributed by atoms with E-state index in [1.54, 1.807) is 0 Å². The monoisotopic (exact) mass is 327 g/mol. The molecule has 126 valence electrons. The Balaban J connectivity index is 1.55. The normalized spacial score (nSPS) is 17.2. The molecule has 1 aromatic carbocycles. The Labute approximate surface area is 141 Å². The van der Waals surface area contributed by atoms with Crippen LogP contribution in [0.1, 0.15) is 5.69 Å². The number of benzene rings is 1. The molecule has 2 aliphatic heterocycles. The van der Waals surface area contributed by atoms with Gasteiger partial charge >= 0.3 is 0 Å². The zero-order valence-corrected chi connectivity index (χ0v) is 14.0. The summed E-state index contributed by atoms with van der Waals surface area (Å²) in [5.74, 6) is 3.10. The van der Waals surface area contributed by atoms with Crippen LogP contribution in [0.25, 0.3) is 0 Å². The first kappa shape index (κ1) is 15.0. The minimum absolute atomic E-state index is 0.277. The van der Waals surface area contributed by atoms with Crippen LogP contribution in [0, 0.1) is 6.92 Å². The second-order valence-electron chi connectivity index (χ2n) is 6.18. The van der Waals surface area contributed by atoms with Gasteiger partial charge < -0.3 is 24.6 Å². The second-order valence-corrected chi connectivity index (χ2v) is 6.18. The van der Waals surface area contributed by atoms with Gasteiger partial charge in [0.1, 0.15) is 5.82 Å². The molecule has 0 atom stereocenters. The van der Waals surface area contributed by atoms with Gasteiger partial charge in [0.15, 0.2) is 11.5 Å². The van der Waals surface area contributed by atoms with Gasteiger partial charge in [0.25, 0.3) is 0 Å². The Bertz CT molecular complexity index is 744. The maximum Gasteiger partial charge on any atom is 0.231 e. The minimum atomic E-state index is 0.277. The van der Waals surface area contributed by atoms with E-state index < -0.39 is 0 Å². The summed E-state index contributed by atoms with van der Waals surface area (Å²) in [7, 11) is 2.14. The van der Waals surface area contributed by atoms with Crippen molar-refractivity contribution < 1.29 is 9.47 Å². The molecule has 0 saturated carbocycles. The predicted octanol–water partition coefficient (Wildman–Crippen LogP) is 2.01. The van der Waals surface area contributed by atoms with Crippen LogP contribution in [-0.4, -0.2) is 54.9 Å². The van der Waals surface area contributed by atoms with Crippen LogP contribution in [0.2, 0.25) is 0 Å². The topological polar surface area (TPSA) is 62.8 Å². The van der Waals surface area contributed by atoms with Crippen molar-refractivity contribution in [2.24, 2.45) is 0 Å². The van der Waals surface area contributed by atoms with Crippen molar-refractivity contribution in [1.29, 1.82) is 0 Å². The Morgan fingerprint density at radius 1 is 1.00 bits per heavy atom. The van der Waals surface area contributed by atoms with E-state index in [4.69, 9.17) is 9.47 Å². The average molecular weight is 327 g/mol. The van der Waals surface area contributed by atoms with Crippen molar-refractivity contribution in [1.82, 2.24) is 14.9 Å². The zero-order valence-electron chi connectivity index (χ0n) is 14.0. The second kappa shape index (κ2) is 6.16. The number of hydrogen-bond donors (Lipinski definition) is 1. The Morgan fingerprint density at radius 3 is 2.62 bits per heavy atom. The van der Waals surface area contributed by atoms with Gasteiger partial charge in [-0.3, -0.25) is 0 Å². The predicted molar refractivity (Wildman–Crippen MR) is 92.3 cm³/mol. The first-order valence-corrected chi connectivity index (χ1v) is 8.13. The third-order valence-electron chi connectivity index (χ3n) is 4.27. The molecule has 2 aromatic rings. The lowest BCUT2D eigenvalue weighted by molar-refractivity contribution is 0.174. The van der Waals surface area contributed by atoms with Gasteiger partial charge in [0, 0.05) is 49.7 Å². The number of nitrogens with zero attached hydrogens (tertiary/aromatic N) is 4. The molecular weight excluding hydrogens is 306 g/mol. The molecule has 1 aromatic heterocycles. The summed E-state index contributed by atoms with van der Waals surface area (Å²) >= 11 is 0. The quantitative estimate of drug-likeness (QED) is 0.925. The summed E-state index contributed by atoms with van der Waals surface area (Å²) in [6.07, 6.45) is 0. The first-order valence-electron chi connectivity index (χ1n) is 8.13. The Hall–Kier alpha value is -2.54. The summed E-state index contributed by atoms with van der Waals surface area (Å²) in [5, 5.41) is 3.34. The highest BCUT2D eigenvalue weighted by atomic mass is 16.7. The molecule has 0 radical (unpaired) electrons. The van der Waals surface area contributed by atoms with Crippen molar-refractivity contribution >= 4 is 17.5 Å². The van der Waals surface area contributed by atoms with E-state index in [1.165, 1.54) is 0 Å². The highest BCUT2D eigenvalue weighted by Gasteiger charge is 2.18. The van der Waals surface area contributed by atoms with Crippen LogP contribution < -0.4 is 19.7 Å². The molecule has 7 heteroatoms. The number of piperazine rings is 1. The number of likely N-dealkylation sites (N-methyl/N-ethyl adjacent to an activating group) is 1. The third-order valence-corrected chi connectivity index (χ3v) is 4.27. The van der Waals surface area contributed by atoms with E-state index in [9.17, 15) is 0 Å². The van der Waals surface area contributed by atoms with Gasteiger partial charge in [-0.1, -0.05) is 0 Å². The minimum Gasteiger partial charge on any atom is -0.454 e. The van der Waals surface area contributed by atoms with Crippen LogP contribution in [0.5, 0.6) is 11.5 Å². The smallest absolute Gasteiger partial charge is 0.231 e. The molecule has 1 fully saturated rings. The molecular formula is C17H21N5O2. The van der Waals surface area contributed by atoms with Crippen molar-refractivity contribution in [3.63, 3.8) is 0 Å². The lowest BCUT2D eigenvalue weighted by Gasteiger charge is -2.32. The lowest BCUT2D eigenvalue weighted by Crippen LogP contribution is -2.45. The third kappa shape index (κ3) is 3.07. The van der Waals surface area contributed by atoms with Crippen LogP contribution in [0.4, 0.5) is 17.5 Å². The average Bonchev–Trinajstić information content (AvgIpc) is 3.02. The summed E-state index contributed by atoms with van der Waals surface area (Å²) in [6, 6.07) is 7.74. The molecule has 0 bridgehead atoms. The molecule has 2 aliphatic rings. The van der Waals surface area contributed by atoms with E-state index in [2.05, 4.69) is 32.1 Å². The van der Waals surface area contributed by atoms with Gasteiger partial charge in [-0.15, -0.1) is 0 Å². The number of aromatic nitrogens is 2. The van der Waals surface area contributed by atoms with Gasteiger partial charge in [-0.05, 0) is 26.1 Å². The lowest BCUT2D eigenvalue weighted by atomic mass is 10.2. The highest BCUT2D eigenvalue weighted by molar-refractivity contribution is 5.62. The summed E-state index contributed by atoms with van der Waals surface area (Å²) in [4.78, 5) is 13.8. The largest absolute Gasteiger partial charge is 0.454 e. The number of rotatable bonds is 3. The number of anilines is 3. The molecule has 24 heavy (non-hydrogen) atoms. The zero-order chi connectivity index (χ0) is 16.5. The van der Waals surface area contributed by atoms with E-state index in [0.717, 1.165) is 60.8 Å². The fourth-order valence-electron chi connectivity index (χ4n) is 2.89. The van der Waals surface area contributed by atoms with Crippen LogP contribution in [0.15, 0.2) is 24.3 Å². The van der Waals surface area contributed by atoms with E-state index >= 15 is 0 Å². The maximum absolute atomic E-state index is 5.42. The van der Waals surface area contributed by atoms with Crippen LogP contribution in [-0.2, 0) is 0 Å². The standard InChI is InChI=1S/C17H21N5O2/c1-12-9-16(19-13-3-4-14-15(10-13)24-11-23-14)20-17(18-12)22-7-5-21(2)6-8-22/h3-4,9-10H,5-8,11H2,1-2H3,(H,18,19,20). The fraction of sp³-hybridized carbons (Fsp3) is 0.412. The Morgan fingerprint density at radius 2 is 1.79 bits per heavy atom. The Kier molecular flexibility index (Phi) is 3.86. The van der Waals surface area contributed by atoms with E-state index in [-0.39, 0.29) is 6.79 Å². The van der Waals surface area contributed by atoms with Gasteiger partial charge in [0.2, 0.25) is 12.7 Å². The number of aryl methyl sites for hydroxylation is 1. The van der Waals surface area contributed by atoms with Crippen LogP contribution in [0.3, 0.4) is 0 Å². The van der Waals surface area contributed by atoms with Crippen molar-refractivity contribution in [3.8, 4) is 11.5 Å². The number of hydrogen-bond acceptors (Lipinski definition) is 7. The summed E-state index contributed by atoms with van der Waals surface area (Å²) in [5.41, 5.74) is 1.86. The molecule has 0 spiro atoms. The number of fused-ring (bicyclic) bond motifs is 1. The number of ether oxygens (including phenoxy) is 2. The SMILES string of the molecule is Cc1cc(Nc2ccc3c(c2)OCO3)nc(N2CCN(C)CC2)n1. The molecule has 0 aliphatic carbocycles. The molecule has 4 rings (SSSR count). The maximum atomic E-state index is 5.42. The van der Waals surface area contributed by atoms with Gasteiger partial charge in [-0.25, -0.2) is 4.98 Å². The van der Waals surface area contributed by atoms with E-state index in [0.29, 0.717) is 0 Å². The fourth-order valence-corrected chi connectivity index (χ4v) is 2.89. The first-order chi connectivity index (χ1) is 11.7. The summed E-state index contributed by atoms with van der Waals surface area (Å²) < 4.78 is 10.8. The van der Waals surface area contributed by atoms with Crippen LogP contribution >= 0.6 is 0 Å². The van der Waals surface area contributed by atoms with E-state index in [1.807, 2.05) is 31.2 Å². The molecule has 1 saturated heterocycles. The molecule has 7 nitrogen and oxygen atoms in total. The highest BCUT2D eigenvalue weighted by Crippen LogP contribution is 2.35. The summed E-state index contributed by atoms with van der Waals surface area (Å²) in [6.45, 7) is 6.22. The van der Waals surface area contributed by atoms with Crippen molar-refractivity contribution in [3.05, 3.63) is 30.0 Å². The van der Waals surface area contributed by atoms with Crippen molar-refractivity contribution in [2.75, 3.05) is 50.2 Å². The van der Waals surface area contributed by atoms with Crippen molar-refractivity contribution in [2.45, 2.75) is 6.92 Å². The molecule has 0 amide bonds. The van der Waals surface area contributed by atoms with Gasteiger partial charge in [-0.2, -0.15) is 4.98 Å². The van der Waals surface area contributed by atoms with Gasteiger partial charge in [0.05, 0.1) is 0 Å². The number of nitrogens with one attached hydrogen (secondary N) is 1.